The lowest BCUT2D eigenvalue weighted by Gasteiger charge is -2.38. The molecule has 0 unspecified atom stereocenters. The monoisotopic (exact) mass is 457 g/mol. The molecule has 1 atom stereocenters. The number of anilines is 1. The highest BCUT2D eigenvalue weighted by atomic mass is 35.5. The number of carbonyl (C=O) groups is 1. The largest absolute Gasteiger partial charge is 0.354 e. The van der Waals surface area contributed by atoms with Crippen molar-refractivity contribution >= 4 is 34.2 Å². The van der Waals surface area contributed by atoms with Crippen LogP contribution in [0, 0.1) is 11.6 Å². The first kappa shape index (κ1) is 21.0. The lowest BCUT2D eigenvalue weighted by atomic mass is 10.1. The van der Waals surface area contributed by atoms with E-state index in [0.29, 0.717) is 46.4 Å². The van der Waals surface area contributed by atoms with E-state index in [9.17, 15) is 13.6 Å². The molecule has 1 amide bonds. The van der Waals surface area contributed by atoms with Crippen LogP contribution >= 0.6 is 11.6 Å². The molecule has 3 heterocycles. The zero-order valence-electron chi connectivity index (χ0n) is 17.3. The normalized spacial score (nSPS) is 19.7. The van der Waals surface area contributed by atoms with Gasteiger partial charge in [0.05, 0.1) is 5.52 Å². The first-order valence-electron chi connectivity index (χ1n) is 10.6. The molecule has 2 aliphatic heterocycles. The molecule has 0 saturated carbocycles. The van der Waals surface area contributed by atoms with Gasteiger partial charge in [0.15, 0.2) is 11.6 Å². The lowest BCUT2D eigenvalue weighted by Crippen LogP contribution is -2.52. The van der Waals surface area contributed by atoms with Crippen molar-refractivity contribution in [2.75, 3.05) is 44.2 Å². The zero-order chi connectivity index (χ0) is 22.2. The summed E-state index contributed by atoms with van der Waals surface area (Å²) in [4.78, 5) is 27.6. The van der Waals surface area contributed by atoms with Crippen molar-refractivity contribution in [3.05, 3.63) is 64.9 Å². The Morgan fingerprint density at radius 3 is 2.44 bits per heavy atom. The SMILES string of the molecule is O=C(c1ccc(Cl)cc1)N1CCN([C@H]2CCN(c3ncnc4cc(F)c(F)cc34)C2)CC1. The Morgan fingerprint density at radius 2 is 1.69 bits per heavy atom. The summed E-state index contributed by atoms with van der Waals surface area (Å²) in [5.41, 5.74) is 1.04. The van der Waals surface area contributed by atoms with Gasteiger partial charge in [-0.05, 0) is 36.8 Å². The third-order valence-electron chi connectivity index (χ3n) is 6.33. The van der Waals surface area contributed by atoms with E-state index in [4.69, 9.17) is 11.6 Å². The van der Waals surface area contributed by atoms with E-state index in [2.05, 4.69) is 19.8 Å². The van der Waals surface area contributed by atoms with Crippen LogP contribution in [0.4, 0.5) is 14.6 Å². The van der Waals surface area contributed by atoms with Crippen LogP contribution in [0.2, 0.25) is 5.02 Å². The van der Waals surface area contributed by atoms with Gasteiger partial charge in [-0.25, -0.2) is 18.7 Å². The number of hydrogen-bond acceptors (Lipinski definition) is 5. The number of piperazine rings is 1. The van der Waals surface area contributed by atoms with Crippen molar-refractivity contribution in [3.8, 4) is 0 Å². The van der Waals surface area contributed by atoms with E-state index in [0.717, 1.165) is 38.7 Å². The van der Waals surface area contributed by atoms with Crippen molar-refractivity contribution in [1.29, 1.82) is 0 Å². The molecule has 0 N–H and O–H groups in total. The number of amides is 1. The highest BCUT2D eigenvalue weighted by Gasteiger charge is 2.32. The number of hydrogen-bond donors (Lipinski definition) is 0. The van der Waals surface area contributed by atoms with Crippen molar-refractivity contribution in [3.63, 3.8) is 0 Å². The molecule has 6 nitrogen and oxygen atoms in total. The van der Waals surface area contributed by atoms with Crippen molar-refractivity contribution < 1.29 is 13.6 Å². The fourth-order valence-electron chi connectivity index (χ4n) is 4.59. The van der Waals surface area contributed by atoms with Gasteiger partial charge in [0, 0.05) is 67.3 Å². The van der Waals surface area contributed by atoms with Crippen molar-refractivity contribution in [2.45, 2.75) is 12.5 Å². The average molecular weight is 458 g/mol. The summed E-state index contributed by atoms with van der Waals surface area (Å²) in [5, 5.41) is 1.13. The number of fused-ring (bicyclic) bond motifs is 1. The standard InChI is InChI=1S/C23H22ClF2N5O/c24-16-3-1-15(2-4-16)23(32)30-9-7-29(8-10-30)17-5-6-31(13-17)22-18-11-19(25)20(26)12-21(18)27-14-28-22/h1-4,11-12,14,17H,5-10,13H2/t17-/m0/s1. The number of benzene rings is 2. The summed E-state index contributed by atoms with van der Waals surface area (Å²) in [6.07, 6.45) is 2.34. The molecule has 0 radical (unpaired) electrons. The molecule has 2 aliphatic rings. The molecular weight excluding hydrogens is 436 g/mol. The summed E-state index contributed by atoms with van der Waals surface area (Å²) < 4.78 is 27.4. The average Bonchev–Trinajstić information content (AvgIpc) is 3.30. The second-order valence-corrected chi connectivity index (χ2v) is 8.64. The minimum Gasteiger partial charge on any atom is -0.354 e. The maximum absolute atomic E-state index is 13.8. The summed E-state index contributed by atoms with van der Waals surface area (Å²) in [7, 11) is 0. The Bertz CT molecular complexity index is 1150. The lowest BCUT2D eigenvalue weighted by molar-refractivity contribution is 0.0585. The molecule has 32 heavy (non-hydrogen) atoms. The van der Waals surface area contributed by atoms with Crippen LogP contribution in [0.25, 0.3) is 10.9 Å². The Labute approximate surface area is 189 Å². The second kappa shape index (κ2) is 8.60. The number of rotatable bonds is 3. The minimum atomic E-state index is -0.910. The van der Waals surface area contributed by atoms with Gasteiger partial charge in [0.25, 0.3) is 5.91 Å². The molecule has 2 aromatic carbocycles. The predicted molar refractivity (Wildman–Crippen MR) is 119 cm³/mol. The third-order valence-corrected chi connectivity index (χ3v) is 6.58. The van der Waals surface area contributed by atoms with Crippen LogP contribution in [0.1, 0.15) is 16.8 Å². The number of aromatic nitrogens is 2. The molecule has 2 saturated heterocycles. The van der Waals surface area contributed by atoms with E-state index in [1.807, 2.05) is 4.90 Å². The maximum atomic E-state index is 13.8. The van der Waals surface area contributed by atoms with Gasteiger partial charge in [-0.3, -0.25) is 9.69 Å². The molecule has 5 rings (SSSR count). The summed E-state index contributed by atoms with van der Waals surface area (Å²) in [6.45, 7) is 4.44. The number of carbonyl (C=O) groups excluding carboxylic acids is 1. The molecule has 2 fully saturated rings. The van der Waals surface area contributed by atoms with Crippen molar-refractivity contribution in [2.24, 2.45) is 0 Å². The first-order chi connectivity index (χ1) is 15.5. The van der Waals surface area contributed by atoms with E-state index >= 15 is 0 Å². The molecule has 1 aromatic heterocycles. The van der Waals surface area contributed by atoms with Gasteiger partial charge < -0.3 is 9.80 Å². The van der Waals surface area contributed by atoms with Crippen LogP contribution in [-0.4, -0.2) is 71.0 Å². The Hall–Kier alpha value is -2.84. The summed E-state index contributed by atoms with van der Waals surface area (Å²) in [6, 6.07) is 9.58. The van der Waals surface area contributed by atoms with Crippen LogP contribution < -0.4 is 4.90 Å². The highest BCUT2D eigenvalue weighted by Crippen LogP contribution is 2.29. The van der Waals surface area contributed by atoms with Gasteiger partial charge >= 0.3 is 0 Å². The maximum Gasteiger partial charge on any atom is 0.253 e. The van der Waals surface area contributed by atoms with Gasteiger partial charge in [0.2, 0.25) is 0 Å². The van der Waals surface area contributed by atoms with Gasteiger partial charge in [-0.15, -0.1) is 0 Å². The van der Waals surface area contributed by atoms with E-state index in [-0.39, 0.29) is 5.91 Å². The van der Waals surface area contributed by atoms with Crippen LogP contribution in [0.5, 0.6) is 0 Å². The summed E-state index contributed by atoms with van der Waals surface area (Å²) in [5.74, 6) is -1.15. The zero-order valence-corrected chi connectivity index (χ0v) is 18.1. The molecule has 9 heteroatoms. The summed E-state index contributed by atoms with van der Waals surface area (Å²) >= 11 is 5.92. The number of nitrogens with zero attached hydrogens (tertiary/aromatic N) is 5. The smallest absolute Gasteiger partial charge is 0.253 e. The van der Waals surface area contributed by atoms with Gasteiger partial charge in [-0.1, -0.05) is 11.6 Å². The minimum absolute atomic E-state index is 0.0241. The fourth-order valence-corrected chi connectivity index (χ4v) is 4.71. The third kappa shape index (κ3) is 4.00. The topological polar surface area (TPSA) is 52.6 Å². The van der Waals surface area contributed by atoms with Crippen LogP contribution in [0.15, 0.2) is 42.7 Å². The number of halogens is 3. The second-order valence-electron chi connectivity index (χ2n) is 8.20. The van der Waals surface area contributed by atoms with Gasteiger partial charge in [-0.2, -0.15) is 0 Å². The van der Waals surface area contributed by atoms with E-state index in [1.54, 1.807) is 24.3 Å². The predicted octanol–water partition coefficient (Wildman–Crippen LogP) is 3.60. The molecule has 0 aliphatic carbocycles. The van der Waals surface area contributed by atoms with Crippen LogP contribution in [0.3, 0.4) is 0 Å². The first-order valence-corrected chi connectivity index (χ1v) is 11.0. The Balaban J connectivity index is 1.23. The molecule has 166 valence electrons. The Morgan fingerprint density at radius 1 is 0.969 bits per heavy atom. The molecule has 0 bridgehead atoms. The molecule has 0 spiro atoms. The highest BCUT2D eigenvalue weighted by molar-refractivity contribution is 6.30. The molecule has 3 aromatic rings. The fraction of sp³-hybridized carbons (Fsp3) is 0.348. The van der Waals surface area contributed by atoms with Crippen LogP contribution in [-0.2, 0) is 0 Å². The quantitative estimate of drug-likeness (QED) is 0.601. The van der Waals surface area contributed by atoms with E-state index in [1.165, 1.54) is 12.4 Å². The van der Waals surface area contributed by atoms with E-state index < -0.39 is 11.6 Å². The molecular formula is C23H22ClF2N5O. The van der Waals surface area contributed by atoms with Crippen molar-refractivity contribution in [1.82, 2.24) is 19.8 Å². The Kier molecular flexibility index (Phi) is 5.65. The van der Waals surface area contributed by atoms with Gasteiger partial charge in [0.1, 0.15) is 12.1 Å².